The summed E-state index contributed by atoms with van der Waals surface area (Å²) in [6.07, 6.45) is 7.59. The van der Waals surface area contributed by atoms with Crippen molar-refractivity contribution >= 4 is 21.9 Å². The van der Waals surface area contributed by atoms with Crippen molar-refractivity contribution in [2.45, 2.75) is 44.8 Å². The van der Waals surface area contributed by atoms with Gasteiger partial charge in [-0.2, -0.15) is 0 Å². The fourth-order valence-electron chi connectivity index (χ4n) is 2.36. The van der Waals surface area contributed by atoms with Crippen molar-refractivity contribution in [3.8, 4) is 0 Å². The summed E-state index contributed by atoms with van der Waals surface area (Å²) in [5.74, 6) is 0.776. The molecule has 2 heterocycles. The second kappa shape index (κ2) is 5.78. The molecule has 0 bridgehead atoms. The van der Waals surface area contributed by atoms with E-state index in [-0.39, 0.29) is 6.10 Å². The average Bonchev–Trinajstić information content (AvgIpc) is 2.30. The van der Waals surface area contributed by atoms with E-state index in [4.69, 9.17) is 0 Å². The fourth-order valence-corrected chi connectivity index (χ4v) is 2.56. The van der Waals surface area contributed by atoms with E-state index >= 15 is 0 Å². The molecule has 1 aliphatic heterocycles. The summed E-state index contributed by atoms with van der Waals surface area (Å²) in [6, 6.07) is 0.366. The minimum absolute atomic E-state index is 0.268. The molecule has 0 aromatic carbocycles. The maximum Gasteiger partial charge on any atom is 0.225 e. The summed E-state index contributed by atoms with van der Waals surface area (Å²) >= 11 is 3.34. The number of aromatic nitrogens is 2. The molecule has 94 valence electrons. The first-order chi connectivity index (χ1) is 8.16. The van der Waals surface area contributed by atoms with E-state index in [2.05, 4.69) is 30.8 Å². The monoisotopic (exact) mass is 299 g/mol. The van der Waals surface area contributed by atoms with Gasteiger partial charge in [0.2, 0.25) is 5.95 Å². The number of hydrogen-bond acceptors (Lipinski definition) is 4. The van der Waals surface area contributed by atoms with Crippen molar-refractivity contribution in [3.05, 3.63) is 16.9 Å². The van der Waals surface area contributed by atoms with Gasteiger partial charge >= 0.3 is 0 Å². The molecule has 2 unspecified atom stereocenters. The molecule has 0 aliphatic carbocycles. The van der Waals surface area contributed by atoms with Gasteiger partial charge in [0.1, 0.15) is 0 Å². The molecule has 1 aromatic rings. The number of aliphatic hydroxyl groups is 1. The van der Waals surface area contributed by atoms with Crippen LogP contribution in [-0.4, -0.2) is 33.8 Å². The number of nitrogens with zero attached hydrogens (tertiary/aromatic N) is 3. The Hall–Kier alpha value is -0.680. The molecular formula is C12H18BrN3O. The second-order valence-corrected chi connectivity index (χ2v) is 5.54. The Balaban J connectivity index is 2.12. The van der Waals surface area contributed by atoms with Crippen LogP contribution in [0.4, 0.5) is 5.95 Å². The van der Waals surface area contributed by atoms with Crippen LogP contribution < -0.4 is 4.90 Å². The average molecular weight is 300 g/mol. The third-order valence-electron chi connectivity index (χ3n) is 3.10. The summed E-state index contributed by atoms with van der Waals surface area (Å²) in [4.78, 5) is 10.9. The zero-order valence-electron chi connectivity index (χ0n) is 10.0. The quantitative estimate of drug-likeness (QED) is 0.931. The summed E-state index contributed by atoms with van der Waals surface area (Å²) in [6.45, 7) is 2.83. The Kier molecular flexibility index (Phi) is 4.34. The highest BCUT2D eigenvalue weighted by atomic mass is 79.9. The van der Waals surface area contributed by atoms with E-state index in [1.54, 1.807) is 12.4 Å². The van der Waals surface area contributed by atoms with Crippen molar-refractivity contribution in [2.24, 2.45) is 0 Å². The van der Waals surface area contributed by atoms with Gasteiger partial charge in [0.05, 0.1) is 10.6 Å². The number of piperidine rings is 1. The molecule has 0 saturated carbocycles. The largest absolute Gasteiger partial charge is 0.393 e. The minimum Gasteiger partial charge on any atom is -0.393 e. The lowest BCUT2D eigenvalue weighted by Crippen LogP contribution is -2.42. The van der Waals surface area contributed by atoms with Gasteiger partial charge in [-0.1, -0.05) is 0 Å². The Labute approximate surface area is 110 Å². The van der Waals surface area contributed by atoms with Gasteiger partial charge in [-0.3, -0.25) is 0 Å². The SMILES string of the molecule is CC(O)CC1CCCCN1c1ncc(Br)cn1. The molecule has 0 radical (unpaired) electrons. The molecule has 2 atom stereocenters. The molecule has 1 fully saturated rings. The van der Waals surface area contributed by atoms with Crippen LogP contribution in [0.3, 0.4) is 0 Å². The third-order valence-corrected chi connectivity index (χ3v) is 3.51. The van der Waals surface area contributed by atoms with Gasteiger partial charge in [0.25, 0.3) is 0 Å². The van der Waals surface area contributed by atoms with Crippen molar-refractivity contribution in [3.63, 3.8) is 0 Å². The van der Waals surface area contributed by atoms with Gasteiger partial charge in [-0.05, 0) is 48.5 Å². The summed E-state index contributed by atoms with van der Waals surface area (Å²) in [5.41, 5.74) is 0. The number of anilines is 1. The standard InChI is InChI=1S/C12H18BrN3O/c1-9(17)6-11-4-2-3-5-16(11)12-14-7-10(13)8-15-12/h7-9,11,17H,2-6H2,1H3. The van der Waals surface area contributed by atoms with Gasteiger partial charge in [-0.25, -0.2) is 9.97 Å². The molecule has 1 aromatic heterocycles. The van der Waals surface area contributed by atoms with Crippen molar-refractivity contribution in [1.29, 1.82) is 0 Å². The first-order valence-electron chi connectivity index (χ1n) is 6.09. The normalized spacial score (nSPS) is 22.5. The van der Waals surface area contributed by atoms with E-state index < -0.39 is 0 Å². The van der Waals surface area contributed by atoms with Gasteiger partial charge < -0.3 is 10.0 Å². The van der Waals surface area contributed by atoms with E-state index in [1.165, 1.54) is 12.8 Å². The van der Waals surface area contributed by atoms with E-state index in [1.807, 2.05) is 6.92 Å². The molecule has 1 saturated heterocycles. The van der Waals surface area contributed by atoms with Gasteiger partial charge in [0, 0.05) is 25.0 Å². The van der Waals surface area contributed by atoms with Crippen LogP contribution in [0, 0.1) is 0 Å². The van der Waals surface area contributed by atoms with Crippen LogP contribution in [0.2, 0.25) is 0 Å². The third kappa shape index (κ3) is 3.39. The molecule has 1 N–H and O–H groups in total. The van der Waals surface area contributed by atoms with E-state index in [0.29, 0.717) is 6.04 Å². The summed E-state index contributed by atoms with van der Waals surface area (Å²) < 4.78 is 0.894. The lowest BCUT2D eigenvalue weighted by molar-refractivity contribution is 0.167. The Morgan fingerprint density at radius 3 is 2.82 bits per heavy atom. The van der Waals surface area contributed by atoms with Crippen molar-refractivity contribution in [2.75, 3.05) is 11.4 Å². The van der Waals surface area contributed by atoms with Crippen molar-refractivity contribution in [1.82, 2.24) is 9.97 Å². The highest BCUT2D eigenvalue weighted by Crippen LogP contribution is 2.24. The Bertz CT molecular complexity index is 355. The Morgan fingerprint density at radius 1 is 1.47 bits per heavy atom. The highest BCUT2D eigenvalue weighted by molar-refractivity contribution is 9.10. The van der Waals surface area contributed by atoms with Crippen LogP contribution in [0.15, 0.2) is 16.9 Å². The van der Waals surface area contributed by atoms with Crippen LogP contribution >= 0.6 is 15.9 Å². The van der Waals surface area contributed by atoms with Crippen LogP contribution in [0.5, 0.6) is 0 Å². The van der Waals surface area contributed by atoms with E-state index in [9.17, 15) is 5.11 Å². The van der Waals surface area contributed by atoms with Gasteiger partial charge in [0.15, 0.2) is 0 Å². The molecule has 5 heteroatoms. The summed E-state index contributed by atoms with van der Waals surface area (Å²) in [7, 11) is 0. The van der Waals surface area contributed by atoms with E-state index in [0.717, 1.165) is 29.8 Å². The highest BCUT2D eigenvalue weighted by Gasteiger charge is 2.25. The summed E-state index contributed by atoms with van der Waals surface area (Å²) in [5, 5.41) is 9.54. The first kappa shape index (κ1) is 12.8. The zero-order valence-corrected chi connectivity index (χ0v) is 11.6. The molecule has 2 rings (SSSR count). The topological polar surface area (TPSA) is 49.2 Å². The lowest BCUT2D eigenvalue weighted by atomic mass is 9.98. The maximum absolute atomic E-state index is 9.54. The molecule has 17 heavy (non-hydrogen) atoms. The molecule has 0 spiro atoms. The Morgan fingerprint density at radius 2 is 2.18 bits per heavy atom. The zero-order chi connectivity index (χ0) is 12.3. The predicted molar refractivity (Wildman–Crippen MR) is 71.0 cm³/mol. The predicted octanol–water partition coefficient (Wildman–Crippen LogP) is 2.37. The lowest BCUT2D eigenvalue weighted by Gasteiger charge is -2.36. The molecule has 4 nitrogen and oxygen atoms in total. The van der Waals surface area contributed by atoms with Gasteiger partial charge in [-0.15, -0.1) is 0 Å². The number of halogens is 1. The number of hydrogen-bond donors (Lipinski definition) is 1. The second-order valence-electron chi connectivity index (χ2n) is 4.63. The van der Waals surface area contributed by atoms with Crippen molar-refractivity contribution < 1.29 is 5.11 Å². The van der Waals surface area contributed by atoms with Crippen LogP contribution in [-0.2, 0) is 0 Å². The molecular weight excluding hydrogens is 282 g/mol. The number of aliphatic hydroxyl groups excluding tert-OH is 1. The maximum atomic E-state index is 9.54. The van der Waals surface area contributed by atoms with Crippen LogP contribution in [0.1, 0.15) is 32.6 Å². The molecule has 0 amide bonds. The van der Waals surface area contributed by atoms with Crippen LogP contribution in [0.25, 0.3) is 0 Å². The number of rotatable bonds is 3. The first-order valence-corrected chi connectivity index (χ1v) is 6.88. The molecule has 1 aliphatic rings. The fraction of sp³-hybridized carbons (Fsp3) is 0.667. The smallest absolute Gasteiger partial charge is 0.225 e. The minimum atomic E-state index is -0.268.